The summed E-state index contributed by atoms with van der Waals surface area (Å²) in [6, 6.07) is 11.4. The summed E-state index contributed by atoms with van der Waals surface area (Å²) in [5.41, 5.74) is -0.269. The fourth-order valence-corrected chi connectivity index (χ4v) is 3.32. The van der Waals surface area contributed by atoms with Crippen LogP contribution in [0.1, 0.15) is 16.7 Å². The Morgan fingerprint density at radius 1 is 1.12 bits per heavy atom. The maximum Gasteiger partial charge on any atom is 0.417 e. The van der Waals surface area contributed by atoms with Crippen molar-refractivity contribution in [2.24, 2.45) is 0 Å². The Balaban J connectivity index is 1.51. The number of nitrogens with zero attached hydrogens (tertiary/aromatic N) is 5. The summed E-state index contributed by atoms with van der Waals surface area (Å²) in [5.74, 6) is 0.646. The first-order valence-corrected chi connectivity index (χ1v) is 9.99. The SMILES string of the molecule is N#Cc1cc(COc2ccn3c(Br)nnc3n2)ccc1Oc1ccc(Cl)c(C(F)(F)F)c1. The highest BCUT2D eigenvalue weighted by Crippen LogP contribution is 2.38. The van der Waals surface area contributed by atoms with Gasteiger partial charge in [0.1, 0.15) is 24.2 Å². The maximum atomic E-state index is 13.1. The molecule has 4 aromatic rings. The molecule has 0 amide bonds. The average Bonchev–Trinajstić information content (AvgIpc) is 3.13. The van der Waals surface area contributed by atoms with E-state index in [4.69, 9.17) is 21.1 Å². The zero-order chi connectivity index (χ0) is 22.9. The van der Waals surface area contributed by atoms with E-state index in [-0.39, 0.29) is 23.7 Å². The normalized spacial score (nSPS) is 11.4. The van der Waals surface area contributed by atoms with Gasteiger partial charge < -0.3 is 9.47 Å². The van der Waals surface area contributed by atoms with E-state index in [1.165, 1.54) is 18.2 Å². The van der Waals surface area contributed by atoms with Gasteiger partial charge in [0.25, 0.3) is 5.78 Å². The molecule has 0 atom stereocenters. The maximum absolute atomic E-state index is 13.1. The lowest BCUT2D eigenvalue weighted by atomic mass is 10.1. The molecule has 7 nitrogen and oxygen atoms in total. The smallest absolute Gasteiger partial charge is 0.417 e. The number of fused-ring (bicyclic) bond motifs is 1. The van der Waals surface area contributed by atoms with Crippen LogP contribution in [0.15, 0.2) is 53.4 Å². The molecule has 0 saturated heterocycles. The number of benzene rings is 2. The Morgan fingerprint density at radius 2 is 1.94 bits per heavy atom. The number of alkyl halides is 3. The van der Waals surface area contributed by atoms with E-state index in [0.29, 0.717) is 22.0 Å². The Kier molecular flexibility index (Phi) is 5.90. The largest absolute Gasteiger partial charge is 0.473 e. The van der Waals surface area contributed by atoms with Crippen molar-refractivity contribution in [3.8, 4) is 23.4 Å². The number of halogens is 5. The second-order valence-corrected chi connectivity index (χ2v) is 7.49. The quantitative estimate of drug-likeness (QED) is 0.328. The van der Waals surface area contributed by atoms with Gasteiger partial charge >= 0.3 is 6.18 Å². The Labute approximate surface area is 192 Å². The highest BCUT2D eigenvalue weighted by molar-refractivity contribution is 9.10. The molecule has 0 aliphatic rings. The van der Waals surface area contributed by atoms with Crippen molar-refractivity contribution in [1.82, 2.24) is 19.6 Å². The molecule has 0 fully saturated rings. The molecule has 0 aliphatic heterocycles. The molecule has 0 aliphatic carbocycles. The molecule has 0 N–H and O–H groups in total. The first-order valence-electron chi connectivity index (χ1n) is 8.82. The standard InChI is InChI=1S/C20H10BrClF3N5O2/c21-18-28-29-19-27-17(5-6-30(18)19)31-10-11-1-4-16(12(7-11)9-26)32-13-2-3-15(22)14(8-13)20(23,24)25/h1-8H,10H2. The van der Waals surface area contributed by atoms with E-state index in [1.807, 2.05) is 6.07 Å². The number of hydrogen-bond donors (Lipinski definition) is 0. The lowest BCUT2D eigenvalue weighted by Crippen LogP contribution is -2.06. The summed E-state index contributed by atoms with van der Waals surface area (Å²) in [6.07, 6.45) is -2.95. The Bertz CT molecular complexity index is 1350. The van der Waals surface area contributed by atoms with Gasteiger partial charge in [0, 0.05) is 12.3 Å². The van der Waals surface area contributed by atoms with Gasteiger partial charge in [-0.15, -0.1) is 10.2 Å². The molecule has 0 radical (unpaired) electrons. The molecule has 0 saturated carbocycles. The van der Waals surface area contributed by atoms with Gasteiger partial charge in [0.05, 0.1) is 16.1 Å². The first kappa shape index (κ1) is 21.9. The third kappa shape index (κ3) is 4.61. The molecule has 32 heavy (non-hydrogen) atoms. The molecule has 0 bridgehead atoms. The summed E-state index contributed by atoms with van der Waals surface area (Å²) in [7, 11) is 0. The van der Waals surface area contributed by atoms with Crippen LogP contribution in [0.5, 0.6) is 17.4 Å². The second kappa shape index (κ2) is 8.64. The van der Waals surface area contributed by atoms with E-state index >= 15 is 0 Å². The third-order valence-electron chi connectivity index (χ3n) is 4.23. The van der Waals surface area contributed by atoms with Crippen LogP contribution in [-0.2, 0) is 12.8 Å². The van der Waals surface area contributed by atoms with E-state index in [2.05, 4.69) is 31.1 Å². The minimum atomic E-state index is -4.63. The van der Waals surface area contributed by atoms with E-state index in [0.717, 1.165) is 12.1 Å². The minimum Gasteiger partial charge on any atom is -0.473 e. The number of rotatable bonds is 5. The van der Waals surface area contributed by atoms with Crippen LogP contribution in [0.25, 0.3) is 5.78 Å². The van der Waals surface area contributed by atoms with Crippen LogP contribution in [0.4, 0.5) is 13.2 Å². The van der Waals surface area contributed by atoms with Crippen molar-refractivity contribution in [2.45, 2.75) is 12.8 Å². The van der Waals surface area contributed by atoms with Gasteiger partial charge in [-0.05, 0) is 51.8 Å². The molecule has 12 heteroatoms. The van der Waals surface area contributed by atoms with Gasteiger partial charge in [-0.3, -0.25) is 4.40 Å². The number of ether oxygens (including phenoxy) is 2. The van der Waals surface area contributed by atoms with Crippen LogP contribution in [0, 0.1) is 11.3 Å². The summed E-state index contributed by atoms with van der Waals surface area (Å²) in [6.45, 7) is 0.0899. The minimum absolute atomic E-state index is 0.0899. The van der Waals surface area contributed by atoms with Gasteiger partial charge in [-0.1, -0.05) is 17.7 Å². The summed E-state index contributed by atoms with van der Waals surface area (Å²) in [4.78, 5) is 4.21. The molecule has 0 spiro atoms. The monoisotopic (exact) mass is 523 g/mol. The van der Waals surface area contributed by atoms with E-state index < -0.39 is 16.8 Å². The molecule has 4 rings (SSSR count). The van der Waals surface area contributed by atoms with Crippen molar-refractivity contribution in [3.63, 3.8) is 0 Å². The van der Waals surface area contributed by atoms with Crippen LogP contribution in [0.3, 0.4) is 0 Å². The van der Waals surface area contributed by atoms with Gasteiger partial charge in [-0.25, -0.2) is 0 Å². The van der Waals surface area contributed by atoms with Crippen molar-refractivity contribution in [3.05, 3.63) is 75.1 Å². The predicted octanol–water partition coefficient (Wildman–Crippen LogP) is 5.80. The van der Waals surface area contributed by atoms with Crippen LogP contribution in [-0.4, -0.2) is 19.6 Å². The molecule has 0 unspecified atom stereocenters. The fraction of sp³-hybridized carbons (Fsp3) is 0.100. The average molecular weight is 525 g/mol. The van der Waals surface area contributed by atoms with Gasteiger partial charge in [-0.2, -0.15) is 23.4 Å². The fourth-order valence-electron chi connectivity index (χ4n) is 2.74. The molecule has 2 aromatic heterocycles. The topological polar surface area (TPSA) is 85.3 Å². The lowest BCUT2D eigenvalue weighted by molar-refractivity contribution is -0.137. The lowest BCUT2D eigenvalue weighted by Gasteiger charge is -2.13. The molecular formula is C20H10BrClF3N5O2. The Morgan fingerprint density at radius 3 is 2.69 bits per heavy atom. The van der Waals surface area contributed by atoms with E-state index in [1.54, 1.807) is 22.7 Å². The van der Waals surface area contributed by atoms with Gasteiger partial charge in [0.15, 0.2) is 0 Å². The first-order chi connectivity index (χ1) is 15.2. The summed E-state index contributed by atoms with van der Waals surface area (Å²) < 4.78 is 52.4. The molecule has 2 heterocycles. The molecule has 162 valence electrons. The number of hydrogen-bond acceptors (Lipinski definition) is 6. The Hall–Kier alpha value is -3.36. The highest BCUT2D eigenvalue weighted by Gasteiger charge is 2.33. The molecular weight excluding hydrogens is 515 g/mol. The van der Waals surface area contributed by atoms with E-state index in [9.17, 15) is 18.4 Å². The summed E-state index contributed by atoms with van der Waals surface area (Å²) in [5, 5.41) is 16.7. The van der Waals surface area contributed by atoms with Crippen molar-refractivity contribution >= 4 is 33.3 Å². The van der Waals surface area contributed by atoms with Crippen LogP contribution >= 0.6 is 27.5 Å². The van der Waals surface area contributed by atoms with Crippen LogP contribution < -0.4 is 9.47 Å². The van der Waals surface area contributed by atoms with Crippen LogP contribution in [0.2, 0.25) is 5.02 Å². The highest BCUT2D eigenvalue weighted by atomic mass is 79.9. The van der Waals surface area contributed by atoms with Crippen molar-refractivity contribution in [1.29, 1.82) is 5.26 Å². The van der Waals surface area contributed by atoms with Crippen molar-refractivity contribution in [2.75, 3.05) is 0 Å². The predicted molar refractivity (Wildman–Crippen MR) is 110 cm³/mol. The zero-order valence-corrected chi connectivity index (χ0v) is 18.1. The second-order valence-electron chi connectivity index (χ2n) is 6.38. The van der Waals surface area contributed by atoms with Crippen molar-refractivity contribution < 1.29 is 22.6 Å². The van der Waals surface area contributed by atoms with Gasteiger partial charge in [0.2, 0.25) is 10.6 Å². The summed E-state index contributed by atoms with van der Waals surface area (Å²) >= 11 is 8.86. The number of nitriles is 1. The third-order valence-corrected chi connectivity index (χ3v) is 5.11. The zero-order valence-electron chi connectivity index (χ0n) is 15.8. The molecule has 2 aromatic carbocycles. The number of aromatic nitrogens is 4.